The molecule has 3 N–H and O–H groups in total. The van der Waals surface area contributed by atoms with Crippen LogP contribution in [0, 0.1) is 5.82 Å². The van der Waals surface area contributed by atoms with Crippen molar-refractivity contribution in [1.29, 1.82) is 0 Å². The summed E-state index contributed by atoms with van der Waals surface area (Å²) in [6.07, 6.45) is -1.37. The highest BCUT2D eigenvalue weighted by atomic mass is 35.5. The van der Waals surface area contributed by atoms with Gasteiger partial charge in [0, 0.05) is 29.7 Å². The lowest BCUT2D eigenvalue weighted by molar-refractivity contribution is -0.137. The van der Waals surface area contributed by atoms with E-state index in [0.717, 1.165) is 6.07 Å². The third kappa shape index (κ3) is 4.31. The first-order valence-electron chi connectivity index (χ1n) is 9.66. The summed E-state index contributed by atoms with van der Waals surface area (Å²) < 4.78 is 53.5. The van der Waals surface area contributed by atoms with E-state index in [2.05, 4.69) is 15.4 Å². The van der Waals surface area contributed by atoms with Crippen LogP contribution in [0.4, 0.5) is 29.1 Å². The monoisotopic (exact) mass is 487 g/mol. The summed E-state index contributed by atoms with van der Waals surface area (Å²) >= 11 is 6.42. The Hall–Kier alpha value is -2.66. The quantitative estimate of drug-likeness (QED) is 0.471. The fraction of sp³-hybridized carbons (Fsp3) is 0.350. The van der Waals surface area contributed by atoms with Crippen LogP contribution < -0.4 is 11.1 Å². The molecule has 1 saturated carbocycles. The van der Waals surface area contributed by atoms with Gasteiger partial charge in [-0.25, -0.2) is 9.37 Å². The smallest absolute Gasteiger partial charge is 0.383 e. The first kappa shape index (κ1) is 22.5. The lowest BCUT2D eigenvalue weighted by Gasteiger charge is -2.11. The van der Waals surface area contributed by atoms with Crippen molar-refractivity contribution in [2.24, 2.45) is 7.05 Å². The molecule has 12 heteroatoms. The van der Waals surface area contributed by atoms with E-state index in [-0.39, 0.29) is 28.2 Å². The zero-order valence-corrected chi connectivity index (χ0v) is 18.3. The topological polar surface area (TPSA) is 85.8 Å². The highest BCUT2D eigenvalue weighted by molar-refractivity contribution is 7.11. The molecule has 2 atom stereocenters. The standard InChI is InChI=1S/C20H18ClF4N5OS/c1-30-17(26)15(18(31)28-11-4-5-13(22)12(21)7-11)16(29-30)10-3-2-9(6-10)14-8-27-19(32-14)20(23,24)25/h4-5,7-10H,2-3,6,26H2,1H3,(H,28,31). The van der Waals surface area contributed by atoms with E-state index < -0.39 is 22.9 Å². The number of thiazole rings is 1. The van der Waals surface area contributed by atoms with Gasteiger partial charge in [0.25, 0.3) is 5.91 Å². The Kier molecular flexibility index (Phi) is 5.89. The van der Waals surface area contributed by atoms with E-state index in [4.69, 9.17) is 17.3 Å². The number of nitrogens with zero attached hydrogens (tertiary/aromatic N) is 3. The number of alkyl halides is 3. The van der Waals surface area contributed by atoms with Gasteiger partial charge in [-0.15, -0.1) is 11.3 Å². The first-order valence-corrected chi connectivity index (χ1v) is 10.9. The zero-order valence-electron chi connectivity index (χ0n) is 16.7. The summed E-state index contributed by atoms with van der Waals surface area (Å²) in [7, 11) is 1.61. The Balaban J connectivity index is 1.56. The first-order chi connectivity index (χ1) is 15.0. The SMILES string of the molecule is Cn1nc(C2CCC(c3cnc(C(F)(F)F)s3)C2)c(C(=O)Nc2ccc(F)c(Cl)c2)c1N. The second-order valence-electron chi connectivity index (χ2n) is 7.62. The van der Waals surface area contributed by atoms with Gasteiger partial charge in [-0.3, -0.25) is 9.48 Å². The molecule has 0 bridgehead atoms. The minimum Gasteiger partial charge on any atom is -0.383 e. The van der Waals surface area contributed by atoms with Crippen molar-refractivity contribution in [3.05, 3.63) is 56.4 Å². The van der Waals surface area contributed by atoms with Gasteiger partial charge in [-0.05, 0) is 43.4 Å². The maximum atomic E-state index is 13.4. The van der Waals surface area contributed by atoms with E-state index in [1.54, 1.807) is 7.05 Å². The molecule has 0 aliphatic heterocycles. The van der Waals surface area contributed by atoms with Gasteiger partial charge in [0.2, 0.25) is 0 Å². The van der Waals surface area contributed by atoms with Gasteiger partial charge in [0.05, 0.1) is 10.7 Å². The molecule has 170 valence electrons. The van der Waals surface area contributed by atoms with Crippen LogP contribution in [0.15, 0.2) is 24.4 Å². The van der Waals surface area contributed by atoms with E-state index >= 15 is 0 Å². The van der Waals surface area contributed by atoms with Crippen LogP contribution >= 0.6 is 22.9 Å². The number of anilines is 2. The van der Waals surface area contributed by atoms with Gasteiger partial charge in [0.15, 0.2) is 5.01 Å². The number of hydrogen-bond donors (Lipinski definition) is 2. The molecule has 4 rings (SSSR count). The molecule has 1 aliphatic carbocycles. The number of rotatable bonds is 4. The second-order valence-corrected chi connectivity index (χ2v) is 9.09. The summed E-state index contributed by atoms with van der Waals surface area (Å²) in [4.78, 5) is 17.0. The lowest BCUT2D eigenvalue weighted by Crippen LogP contribution is -2.16. The third-order valence-corrected chi connectivity index (χ3v) is 7.01. The van der Waals surface area contributed by atoms with Gasteiger partial charge in [0.1, 0.15) is 17.2 Å². The van der Waals surface area contributed by atoms with Crippen LogP contribution in [0.3, 0.4) is 0 Å². The van der Waals surface area contributed by atoms with Gasteiger partial charge >= 0.3 is 6.18 Å². The molecule has 32 heavy (non-hydrogen) atoms. The predicted octanol–water partition coefficient (Wildman–Crippen LogP) is 5.57. The Labute approximate surface area is 189 Å². The summed E-state index contributed by atoms with van der Waals surface area (Å²) in [6, 6.07) is 3.80. The fourth-order valence-corrected chi connectivity index (χ4v) is 5.05. The number of aromatic nitrogens is 3. The summed E-state index contributed by atoms with van der Waals surface area (Å²) in [5, 5.41) is 6.06. The molecule has 2 aromatic heterocycles. The van der Waals surface area contributed by atoms with Gasteiger partial charge in [-0.1, -0.05) is 11.6 Å². The molecule has 1 fully saturated rings. The number of carbonyl (C=O) groups is 1. The molecule has 6 nitrogen and oxygen atoms in total. The molecule has 2 heterocycles. The molecular formula is C20H18ClF4N5OS. The van der Waals surface area contributed by atoms with Crippen LogP contribution in [-0.4, -0.2) is 20.7 Å². The van der Waals surface area contributed by atoms with Crippen molar-refractivity contribution >= 4 is 40.4 Å². The van der Waals surface area contributed by atoms with Gasteiger partial charge < -0.3 is 11.1 Å². The van der Waals surface area contributed by atoms with Crippen LogP contribution in [-0.2, 0) is 13.2 Å². The van der Waals surface area contributed by atoms with Crippen molar-refractivity contribution < 1.29 is 22.4 Å². The van der Waals surface area contributed by atoms with E-state index in [1.807, 2.05) is 0 Å². The van der Waals surface area contributed by atoms with E-state index in [0.29, 0.717) is 46.9 Å². The number of carbonyl (C=O) groups excluding carboxylic acids is 1. The fourth-order valence-electron chi connectivity index (χ4n) is 3.94. The highest BCUT2D eigenvalue weighted by Gasteiger charge is 2.38. The van der Waals surface area contributed by atoms with Crippen molar-refractivity contribution in [2.45, 2.75) is 37.3 Å². The number of nitrogens with one attached hydrogen (secondary N) is 1. The van der Waals surface area contributed by atoms with Crippen LogP contribution in [0.2, 0.25) is 5.02 Å². The largest absolute Gasteiger partial charge is 0.443 e. The van der Waals surface area contributed by atoms with Crippen LogP contribution in [0.5, 0.6) is 0 Å². The number of benzene rings is 1. The minimum absolute atomic E-state index is 0.108. The van der Waals surface area contributed by atoms with Crippen molar-refractivity contribution in [3.63, 3.8) is 0 Å². The van der Waals surface area contributed by atoms with E-state index in [9.17, 15) is 22.4 Å². The third-order valence-electron chi connectivity index (χ3n) is 5.51. The van der Waals surface area contributed by atoms with Crippen molar-refractivity contribution in [3.8, 4) is 0 Å². The molecule has 2 unspecified atom stereocenters. The Morgan fingerprint density at radius 1 is 1.31 bits per heavy atom. The molecule has 1 amide bonds. The molecule has 0 radical (unpaired) electrons. The molecular weight excluding hydrogens is 470 g/mol. The highest BCUT2D eigenvalue weighted by Crippen LogP contribution is 2.47. The second kappa shape index (κ2) is 8.36. The molecule has 3 aromatic rings. The number of nitrogens with two attached hydrogens (primary N) is 1. The average Bonchev–Trinajstić information content (AvgIpc) is 3.43. The van der Waals surface area contributed by atoms with Gasteiger partial charge in [-0.2, -0.15) is 18.3 Å². The van der Waals surface area contributed by atoms with Crippen LogP contribution in [0.25, 0.3) is 0 Å². The lowest BCUT2D eigenvalue weighted by atomic mass is 9.97. The maximum Gasteiger partial charge on any atom is 0.443 e. The van der Waals surface area contributed by atoms with Crippen molar-refractivity contribution in [1.82, 2.24) is 14.8 Å². The summed E-state index contributed by atoms with van der Waals surface area (Å²) in [5.41, 5.74) is 7.07. The van der Waals surface area contributed by atoms with Crippen molar-refractivity contribution in [2.75, 3.05) is 11.1 Å². The molecule has 0 saturated heterocycles. The molecule has 0 spiro atoms. The van der Waals surface area contributed by atoms with E-state index in [1.165, 1.54) is 23.0 Å². The summed E-state index contributed by atoms with van der Waals surface area (Å²) in [5.74, 6) is -1.23. The Morgan fingerprint density at radius 3 is 2.69 bits per heavy atom. The number of aryl methyl sites for hydroxylation is 1. The Morgan fingerprint density at radius 2 is 2.03 bits per heavy atom. The normalized spacial score (nSPS) is 18.8. The minimum atomic E-state index is -4.47. The summed E-state index contributed by atoms with van der Waals surface area (Å²) in [6.45, 7) is 0. The average molecular weight is 488 g/mol. The molecule has 1 aromatic carbocycles. The number of amides is 1. The zero-order chi connectivity index (χ0) is 23.2. The molecule has 1 aliphatic rings. The number of halogens is 5. The predicted molar refractivity (Wildman–Crippen MR) is 113 cm³/mol. The Bertz CT molecular complexity index is 1180. The van der Waals surface area contributed by atoms with Crippen LogP contribution in [0.1, 0.15) is 57.0 Å². The number of hydrogen-bond acceptors (Lipinski definition) is 5. The maximum absolute atomic E-state index is 13.4. The number of nitrogen functional groups attached to an aromatic ring is 1.